The van der Waals surface area contributed by atoms with Crippen LogP contribution >= 0.6 is 0 Å². The van der Waals surface area contributed by atoms with Gasteiger partial charge in [-0.2, -0.15) is 0 Å². The molecule has 0 aliphatic rings. The van der Waals surface area contributed by atoms with Crippen LogP contribution in [0.1, 0.15) is 26.3 Å². The zero-order valence-electron chi connectivity index (χ0n) is 24.2. The van der Waals surface area contributed by atoms with E-state index < -0.39 is 8.07 Å². The van der Waals surface area contributed by atoms with Crippen LogP contribution in [0, 0.1) is 17.7 Å². The van der Waals surface area contributed by atoms with E-state index in [1.54, 1.807) is 6.20 Å². The average Bonchev–Trinajstić information content (AvgIpc) is 2.93. The standard InChI is InChI=1S/C19H26NSi.C16H11N2.Ir/c1-19(2,3)13-16-12-17(15-10-8-7-9-11-15)20-14-18(16)21(4,5)6;1-2-5-13(6-3-1)14-8-10-18-16(11-14)15-7-4-9-17-12-15;/h7-10,12,14H,13H2,1-6H3;1-11H;/q2*-1;. The fraction of sp³-hybridized carbons (Fsp3) is 0.229. The van der Waals surface area contributed by atoms with E-state index >= 15 is 0 Å². The summed E-state index contributed by atoms with van der Waals surface area (Å²) in [6.45, 7) is 14.1. The van der Waals surface area contributed by atoms with Gasteiger partial charge >= 0.3 is 0 Å². The molecule has 0 spiro atoms. The summed E-state index contributed by atoms with van der Waals surface area (Å²) in [4.78, 5) is 13.1. The first kappa shape index (κ1) is 31.3. The molecule has 0 atom stereocenters. The van der Waals surface area contributed by atoms with Crippen molar-refractivity contribution in [3.05, 3.63) is 121 Å². The van der Waals surface area contributed by atoms with E-state index in [0.29, 0.717) is 0 Å². The number of rotatable bonds is 5. The van der Waals surface area contributed by atoms with Crippen LogP contribution in [-0.2, 0) is 26.5 Å². The Morgan fingerprint density at radius 2 is 1.43 bits per heavy atom. The molecule has 5 aromatic rings. The van der Waals surface area contributed by atoms with Gasteiger partial charge in [-0.15, -0.1) is 53.6 Å². The second-order valence-electron chi connectivity index (χ2n) is 11.9. The van der Waals surface area contributed by atoms with Gasteiger partial charge in [0.15, 0.2) is 0 Å². The second kappa shape index (κ2) is 13.9. The molecule has 3 heterocycles. The Kier molecular flexibility index (Phi) is 10.9. The Morgan fingerprint density at radius 3 is 2.05 bits per heavy atom. The van der Waals surface area contributed by atoms with Crippen LogP contribution in [0.5, 0.6) is 0 Å². The van der Waals surface area contributed by atoms with Crippen molar-refractivity contribution < 1.29 is 20.1 Å². The van der Waals surface area contributed by atoms with Gasteiger partial charge in [-0.3, -0.25) is 0 Å². The summed E-state index contributed by atoms with van der Waals surface area (Å²) in [5.41, 5.74) is 8.01. The van der Waals surface area contributed by atoms with Crippen molar-refractivity contribution in [2.75, 3.05) is 0 Å². The summed E-state index contributed by atoms with van der Waals surface area (Å²) in [5, 5.41) is 1.48. The van der Waals surface area contributed by atoms with Gasteiger partial charge in [-0.1, -0.05) is 94.6 Å². The maximum Gasteiger partial charge on any atom is 0.0798 e. The van der Waals surface area contributed by atoms with Crippen molar-refractivity contribution in [3.63, 3.8) is 0 Å². The molecule has 3 nitrogen and oxygen atoms in total. The van der Waals surface area contributed by atoms with E-state index in [4.69, 9.17) is 4.98 Å². The molecule has 40 heavy (non-hydrogen) atoms. The van der Waals surface area contributed by atoms with Crippen LogP contribution in [0.3, 0.4) is 0 Å². The topological polar surface area (TPSA) is 38.7 Å². The predicted molar refractivity (Wildman–Crippen MR) is 166 cm³/mol. The van der Waals surface area contributed by atoms with E-state index in [1.165, 1.54) is 16.3 Å². The number of hydrogen-bond donors (Lipinski definition) is 0. The van der Waals surface area contributed by atoms with Crippen LogP contribution in [0.25, 0.3) is 33.6 Å². The molecule has 0 fully saturated rings. The van der Waals surface area contributed by atoms with Gasteiger partial charge in [0.2, 0.25) is 0 Å². The van der Waals surface area contributed by atoms with Gasteiger partial charge in [0.05, 0.1) is 8.07 Å². The Labute approximate surface area is 254 Å². The maximum atomic E-state index is 4.71. The third-order valence-electron chi connectivity index (χ3n) is 6.25. The smallest absolute Gasteiger partial charge is 0.0798 e. The molecule has 0 saturated carbocycles. The van der Waals surface area contributed by atoms with Crippen molar-refractivity contribution in [2.24, 2.45) is 5.41 Å². The molecule has 0 amide bonds. The minimum Gasteiger partial charge on any atom is -0.360 e. The van der Waals surface area contributed by atoms with Gasteiger partial charge in [0.25, 0.3) is 0 Å². The van der Waals surface area contributed by atoms with Crippen LogP contribution in [-0.4, -0.2) is 23.0 Å². The van der Waals surface area contributed by atoms with E-state index in [9.17, 15) is 0 Å². The second-order valence-corrected chi connectivity index (χ2v) is 17.0. The summed E-state index contributed by atoms with van der Waals surface area (Å²) in [6, 6.07) is 31.8. The molecule has 0 aliphatic heterocycles. The number of aromatic nitrogens is 3. The quantitative estimate of drug-likeness (QED) is 0.136. The SMILES string of the molecule is CC(C)(C)Cc1cc(-c2[c-]cccc2)ncc1[Si](C)(C)C.[Ir].[c-]1ncccc1-c1cc(-c2ccccc2)ccn1. The van der Waals surface area contributed by atoms with E-state index in [-0.39, 0.29) is 25.5 Å². The molecular weight excluding hydrogens is 683 g/mol. The first-order valence-corrected chi connectivity index (χ1v) is 16.9. The first-order chi connectivity index (χ1) is 18.6. The predicted octanol–water partition coefficient (Wildman–Crippen LogP) is 8.29. The van der Waals surface area contributed by atoms with Crippen molar-refractivity contribution in [2.45, 2.75) is 46.8 Å². The monoisotopic (exact) mass is 720 g/mol. The number of benzene rings is 2. The van der Waals surface area contributed by atoms with E-state index in [0.717, 1.165) is 34.5 Å². The molecule has 5 heteroatoms. The minimum atomic E-state index is -1.37. The average molecular weight is 720 g/mol. The summed E-state index contributed by atoms with van der Waals surface area (Å²) < 4.78 is 0. The van der Waals surface area contributed by atoms with Crippen molar-refractivity contribution >= 4 is 13.3 Å². The van der Waals surface area contributed by atoms with Gasteiger partial charge < -0.3 is 15.0 Å². The Hall–Kier alpha value is -3.24. The van der Waals surface area contributed by atoms with E-state index in [1.807, 2.05) is 60.8 Å². The maximum absolute atomic E-state index is 4.71. The molecular formula is C35H37IrN3Si-2. The molecule has 0 N–H and O–H groups in total. The molecule has 5 rings (SSSR count). The molecule has 2 aromatic carbocycles. The largest absolute Gasteiger partial charge is 0.360 e. The number of pyridine rings is 3. The van der Waals surface area contributed by atoms with Crippen molar-refractivity contribution in [3.8, 4) is 33.6 Å². The number of hydrogen-bond acceptors (Lipinski definition) is 3. The summed E-state index contributed by atoms with van der Waals surface area (Å²) in [6.07, 6.45) is 9.69. The van der Waals surface area contributed by atoms with Gasteiger partial charge in [-0.25, -0.2) is 0 Å². The molecule has 0 saturated heterocycles. The molecule has 1 radical (unpaired) electrons. The third-order valence-corrected chi connectivity index (χ3v) is 8.32. The molecule has 0 unspecified atom stereocenters. The fourth-order valence-electron chi connectivity index (χ4n) is 4.45. The van der Waals surface area contributed by atoms with Crippen LogP contribution < -0.4 is 5.19 Å². The molecule has 3 aromatic heterocycles. The van der Waals surface area contributed by atoms with Gasteiger partial charge in [0.1, 0.15) is 0 Å². The van der Waals surface area contributed by atoms with Crippen LogP contribution in [0.15, 0.2) is 104 Å². The molecule has 0 aliphatic carbocycles. The molecule has 0 bridgehead atoms. The first-order valence-electron chi connectivity index (χ1n) is 13.4. The van der Waals surface area contributed by atoms with Gasteiger partial charge in [-0.05, 0) is 51.8 Å². The van der Waals surface area contributed by atoms with Crippen LogP contribution in [0.2, 0.25) is 19.6 Å². The normalized spacial score (nSPS) is 11.2. The van der Waals surface area contributed by atoms with Crippen molar-refractivity contribution in [1.29, 1.82) is 0 Å². The summed E-state index contributed by atoms with van der Waals surface area (Å²) in [5.74, 6) is 0. The van der Waals surface area contributed by atoms with E-state index in [2.05, 4.69) is 99.2 Å². The third kappa shape index (κ3) is 8.89. The van der Waals surface area contributed by atoms with Gasteiger partial charge in [0, 0.05) is 32.5 Å². The Morgan fingerprint density at radius 1 is 0.725 bits per heavy atom. The molecule has 207 valence electrons. The Balaban J connectivity index is 0.000000217. The van der Waals surface area contributed by atoms with Crippen molar-refractivity contribution in [1.82, 2.24) is 15.0 Å². The number of nitrogens with zero attached hydrogens (tertiary/aromatic N) is 3. The zero-order chi connectivity index (χ0) is 27.9. The summed E-state index contributed by atoms with van der Waals surface area (Å²) >= 11 is 0. The van der Waals surface area contributed by atoms with Crippen LogP contribution in [0.4, 0.5) is 0 Å². The minimum absolute atomic E-state index is 0. The Bertz CT molecular complexity index is 1420. The zero-order valence-corrected chi connectivity index (χ0v) is 27.6. The fourth-order valence-corrected chi connectivity index (χ4v) is 6.02. The summed E-state index contributed by atoms with van der Waals surface area (Å²) in [7, 11) is -1.37.